The highest BCUT2D eigenvalue weighted by Gasteiger charge is 2.17. The quantitative estimate of drug-likeness (QED) is 0.428. The second-order valence-electron chi connectivity index (χ2n) is 5.89. The number of halogens is 3. The van der Waals surface area contributed by atoms with Crippen LogP contribution in [-0.4, -0.2) is 24.3 Å². The van der Waals surface area contributed by atoms with Gasteiger partial charge in [-0.3, -0.25) is 14.2 Å². The van der Waals surface area contributed by atoms with E-state index in [0.29, 0.717) is 43.3 Å². The number of hydrogen-bond acceptors (Lipinski definition) is 4. The fourth-order valence-electron chi connectivity index (χ4n) is 3.07. The zero-order chi connectivity index (χ0) is 18.7. The van der Waals surface area contributed by atoms with Gasteiger partial charge in [0.2, 0.25) is 5.78 Å². The van der Waals surface area contributed by atoms with Gasteiger partial charge in [0.05, 0.1) is 26.6 Å². The summed E-state index contributed by atoms with van der Waals surface area (Å²) in [5.74, 6) is 0.686. The van der Waals surface area contributed by atoms with E-state index in [9.17, 15) is 4.79 Å². The third kappa shape index (κ3) is 2.49. The van der Waals surface area contributed by atoms with Crippen molar-refractivity contribution in [2.75, 3.05) is 0 Å². The van der Waals surface area contributed by atoms with Crippen LogP contribution in [0.4, 0.5) is 0 Å². The SMILES string of the molecule is O=c1[nH]c2nc3ccccc3n2c2nc(-c3c(Cl)cc(Cl)cc3Cl)ncc12. The Hall–Kier alpha value is -2.67. The van der Waals surface area contributed by atoms with Gasteiger partial charge in [0.25, 0.3) is 5.56 Å². The molecule has 0 aliphatic rings. The first-order valence-corrected chi connectivity index (χ1v) is 8.97. The van der Waals surface area contributed by atoms with Gasteiger partial charge >= 0.3 is 0 Å². The Bertz CT molecular complexity index is 1420. The number of imidazole rings is 1. The molecule has 27 heavy (non-hydrogen) atoms. The Morgan fingerprint density at radius 3 is 2.52 bits per heavy atom. The monoisotopic (exact) mass is 415 g/mol. The lowest BCUT2D eigenvalue weighted by molar-refractivity contribution is 1.10. The minimum atomic E-state index is -0.326. The molecule has 3 aromatic heterocycles. The van der Waals surface area contributed by atoms with Gasteiger partial charge in [-0.2, -0.15) is 0 Å². The Balaban J connectivity index is 1.93. The number of para-hydroxylation sites is 2. The first-order chi connectivity index (χ1) is 13.0. The van der Waals surface area contributed by atoms with Crippen LogP contribution in [-0.2, 0) is 0 Å². The lowest BCUT2D eigenvalue weighted by atomic mass is 10.2. The molecular weight excluding hydrogens is 409 g/mol. The Kier molecular flexibility index (Phi) is 3.62. The molecule has 0 radical (unpaired) electrons. The smallest absolute Gasteiger partial charge is 0.263 e. The summed E-state index contributed by atoms with van der Waals surface area (Å²) >= 11 is 18.6. The molecule has 3 heterocycles. The molecule has 1 N–H and O–H groups in total. The standard InChI is InChI=1S/C18H8Cl3N5O/c19-8-5-10(20)14(11(21)6-8)15-22-7-9-16(24-15)26-13-4-2-1-3-12(13)23-18(26)25-17(9)27/h1-7H,(H,23,25,27). The van der Waals surface area contributed by atoms with Gasteiger partial charge in [-0.1, -0.05) is 46.9 Å². The van der Waals surface area contributed by atoms with Crippen molar-refractivity contribution in [1.29, 1.82) is 0 Å². The molecule has 0 aliphatic heterocycles. The van der Waals surface area contributed by atoms with Crippen molar-refractivity contribution >= 4 is 62.6 Å². The number of benzene rings is 2. The van der Waals surface area contributed by atoms with Crippen molar-refractivity contribution in [3.05, 3.63) is 68.0 Å². The summed E-state index contributed by atoms with van der Waals surface area (Å²) in [6.07, 6.45) is 1.45. The summed E-state index contributed by atoms with van der Waals surface area (Å²) in [7, 11) is 0. The Morgan fingerprint density at radius 2 is 1.74 bits per heavy atom. The number of nitrogens with zero attached hydrogens (tertiary/aromatic N) is 4. The Labute approximate surface area is 166 Å². The third-order valence-electron chi connectivity index (χ3n) is 4.24. The van der Waals surface area contributed by atoms with Gasteiger partial charge in [-0.15, -0.1) is 0 Å². The van der Waals surface area contributed by atoms with Crippen molar-refractivity contribution < 1.29 is 0 Å². The molecule has 5 rings (SSSR count). The summed E-state index contributed by atoms with van der Waals surface area (Å²) in [4.78, 5) is 28.5. The summed E-state index contributed by atoms with van der Waals surface area (Å²) in [6.45, 7) is 0. The summed E-state index contributed by atoms with van der Waals surface area (Å²) in [6, 6.07) is 10.7. The number of fused-ring (bicyclic) bond motifs is 5. The summed E-state index contributed by atoms with van der Waals surface area (Å²) in [5.41, 5.74) is 2.08. The molecule has 0 unspecified atom stereocenters. The van der Waals surface area contributed by atoms with Crippen LogP contribution in [0.15, 0.2) is 47.4 Å². The number of H-pyrrole nitrogens is 1. The molecule has 0 bridgehead atoms. The van der Waals surface area contributed by atoms with Crippen LogP contribution < -0.4 is 5.56 Å². The molecule has 0 amide bonds. The van der Waals surface area contributed by atoms with E-state index < -0.39 is 0 Å². The van der Waals surface area contributed by atoms with Crippen molar-refractivity contribution in [2.24, 2.45) is 0 Å². The molecule has 0 saturated carbocycles. The largest absolute Gasteiger partial charge is 0.291 e. The number of rotatable bonds is 1. The molecule has 0 atom stereocenters. The Morgan fingerprint density at radius 1 is 1.00 bits per heavy atom. The van der Waals surface area contributed by atoms with Gasteiger partial charge in [-0.05, 0) is 24.3 Å². The van der Waals surface area contributed by atoms with E-state index in [-0.39, 0.29) is 5.56 Å². The third-order valence-corrected chi connectivity index (χ3v) is 5.06. The first-order valence-electron chi connectivity index (χ1n) is 7.84. The number of nitrogens with one attached hydrogen (secondary N) is 1. The van der Waals surface area contributed by atoms with Gasteiger partial charge in [0, 0.05) is 11.2 Å². The average molecular weight is 417 g/mol. The predicted octanol–water partition coefficient (Wildman–Crippen LogP) is 4.75. The topological polar surface area (TPSA) is 75.9 Å². The van der Waals surface area contributed by atoms with Crippen LogP contribution in [0, 0.1) is 0 Å². The number of aromatic amines is 1. The highest BCUT2D eigenvalue weighted by atomic mass is 35.5. The highest BCUT2D eigenvalue weighted by Crippen LogP contribution is 2.35. The van der Waals surface area contributed by atoms with Crippen molar-refractivity contribution in [1.82, 2.24) is 24.3 Å². The second kappa shape index (κ2) is 5.92. The number of aromatic nitrogens is 5. The van der Waals surface area contributed by atoms with Gasteiger partial charge in [0.1, 0.15) is 5.39 Å². The number of hydrogen-bond donors (Lipinski definition) is 1. The molecule has 2 aromatic carbocycles. The van der Waals surface area contributed by atoms with E-state index in [2.05, 4.69) is 19.9 Å². The molecule has 6 nitrogen and oxygen atoms in total. The van der Waals surface area contributed by atoms with Crippen LogP contribution in [0.2, 0.25) is 15.1 Å². The minimum Gasteiger partial charge on any atom is -0.291 e. The maximum absolute atomic E-state index is 12.4. The van der Waals surface area contributed by atoms with Crippen LogP contribution in [0.5, 0.6) is 0 Å². The molecule has 5 aromatic rings. The molecule has 0 aliphatic carbocycles. The molecular formula is C18H8Cl3N5O. The lowest BCUT2D eigenvalue weighted by Gasteiger charge is -2.08. The van der Waals surface area contributed by atoms with Crippen molar-refractivity contribution in [2.45, 2.75) is 0 Å². The summed E-state index contributed by atoms with van der Waals surface area (Å²) in [5, 5.41) is 1.39. The van der Waals surface area contributed by atoms with Crippen LogP contribution in [0.3, 0.4) is 0 Å². The predicted molar refractivity (Wildman–Crippen MR) is 107 cm³/mol. The van der Waals surface area contributed by atoms with E-state index in [1.54, 1.807) is 16.5 Å². The van der Waals surface area contributed by atoms with Gasteiger partial charge in [-0.25, -0.2) is 15.0 Å². The highest BCUT2D eigenvalue weighted by molar-refractivity contribution is 6.41. The zero-order valence-electron chi connectivity index (χ0n) is 13.4. The van der Waals surface area contributed by atoms with E-state index in [0.717, 1.165) is 11.0 Å². The van der Waals surface area contributed by atoms with Crippen molar-refractivity contribution in [3.63, 3.8) is 0 Å². The fourth-order valence-corrected chi connectivity index (χ4v) is 4.06. The van der Waals surface area contributed by atoms with Gasteiger partial charge < -0.3 is 0 Å². The summed E-state index contributed by atoms with van der Waals surface area (Å²) < 4.78 is 1.77. The lowest BCUT2D eigenvalue weighted by Crippen LogP contribution is -2.12. The maximum Gasteiger partial charge on any atom is 0.263 e. The zero-order valence-corrected chi connectivity index (χ0v) is 15.6. The normalized spacial score (nSPS) is 11.7. The molecule has 0 saturated heterocycles. The minimum absolute atomic E-state index is 0.291. The molecule has 9 heteroatoms. The first kappa shape index (κ1) is 16.5. The van der Waals surface area contributed by atoms with E-state index in [1.165, 1.54) is 6.20 Å². The molecule has 0 spiro atoms. The van der Waals surface area contributed by atoms with E-state index in [1.807, 2.05) is 24.3 Å². The van der Waals surface area contributed by atoms with Crippen molar-refractivity contribution in [3.8, 4) is 11.4 Å². The fraction of sp³-hybridized carbons (Fsp3) is 0. The van der Waals surface area contributed by atoms with Crippen LogP contribution in [0.25, 0.3) is 39.2 Å². The molecule has 0 fully saturated rings. The average Bonchev–Trinajstić information content (AvgIpc) is 2.99. The van der Waals surface area contributed by atoms with Gasteiger partial charge in [0.15, 0.2) is 11.5 Å². The molecule has 132 valence electrons. The van der Waals surface area contributed by atoms with E-state index >= 15 is 0 Å². The van der Waals surface area contributed by atoms with E-state index in [4.69, 9.17) is 34.8 Å². The van der Waals surface area contributed by atoms with Crippen LogP contribution in [0.1, 0.15) is 0 Å². The maximum atomic E-state index is 12.4. The van der Waals surface area contributed by atoms with Crippen LogP contribution >= 0.6 is 34.8 Å². The second-order valence-corrected chi connectivity index (χ2v) is 7.14.